The van der Waals surface area contributed by atoms with Gasteiger partial charge >= 0.3 is 5.97 Å². The Balaban J connectivity index is 1.76. The highest BCUT2D eigenvalue weighted by Crippen LogP contribution is 2.40. The summed E-state index contributed by atoms with van der Waals surface area (Å²) in [6.45, 7) is 5.83. The Morgan fingerprint density at radius 2 is 2.26 bits per heavy atom. The third-order valence-electron chi connectivity index (χ3n) is 4.13. The minimum atomic E-state index is -0.373. The number of nitrogens with one attached hydrogen (secondary N) is 2. The molecule has 1 atom stereocenters. The van der Waals surface area contributed by atoms with Gasteiger partial charge in [0, 0.05) is 4.88 Å². The Hall–Kier alpha value is -2.07. The Morgan fingerprint density at radius 1 is 1.48 bits per heavy atom. The topological polar surface area (TPSA) is 123 Å². The number of rotatable bonds is 6. The molecule has 2 aromatic rings. The summed E-state index contributed by atoms with van der Waals surface area (Å²) in [7, 11) is 0. The van der Waals surface area contributed by atoms with E-state index < -0.39 is 0 Å². The molecule has 2 heterocycles. The van der Waals surface area contributed by atoms with Crippen LogP contribution in [-0.4, -0.2) is 38.9 Å². The molecule has 0 unspecified atom stereocenters. The number of amides is 1. The van der Waals surface area contributed by atoms with Gasteiger partial charge in [-0.1, -0.05) is 18.7 Å². The number of thioether (sulfide) groups is 1. The molecular weight excluding hydrogens is 386 g/mol. The van der Waals surface area contributed by atoms with Gasteiger partial charge in [-0.3, -0.25) is 4.79 Å². The normalized spacial score (nSPS) is 16.2. The lowest BCUT2D eigenvalue weighted by molar-refractivity contribution is -0.113. The highest BCUT2D eigenvalue weighted by molar-refractivity contribution is 7.99. The van der Waals surface area contributed by atoms with Crippen molar-refractivity contribution >= 4 is 45.9 Å². The fourth-order valence-corrected chi connectivity index (χ4v) is 4.96. The van der Waals surface area contributed by atoms with Crippen molar-refractivity contribution in [3.8, 4) is 0 Å². The van der Waals surface area contributed by atoms with Crippen LogP contribution in [0.1, 0.15) is 48.0 Å². The fraction of sp³-hybridized carbons (Fsp3) is 0.529. The summed E-state index contributed by atoms with van der Waals surface area (Å²) < 4.78 is 5.42. The highest BCUT2D eigenvalue weighted by atomic mass is 32.2. The number of fused-ring (bicyclic) bond motifs is 1. The third kappa shape index (κ3) is 4.81. The van der Waals surface area contributed by atoms with Gasteiger partial charge in [0.25, 0.3) is 0 Å². The number of anilines is 2. The predicted molar refractivity (Wildman–Crippen MR) is 106 cm³/mol. The Morgan fingerprint density at radius 3 is 2.93 bits per heavy atom. The molecule has 1 aliphatic rings. The molecule has 0 radical (unpaired) electrons. The van der Waals surface area contributed by atoms with Crippen LogP contribution in [0.4, 0.5) is 10.9 Å². The number of thiophene rings is 1. The van der Waals surface area contributed by atoms with Crippen LogP contribution < -0.4 is 11.1 Å². The van der Waals surface area contributed by atoms with Gasteiger partial charge in [0.1, 0.15) is 5.00 Å². The first-order chi connectivity index (χ1) is 12.8. The second-order valence-corrected chi connectivity index (χ2v) is 8.90. The van der Waals surface area contributed by atoms with Crippen molar-refractivity contribution in [2.24, 2.45) is 5.92 Å². The molecular formula is C17H23N5O3S2. The quantitative estimate of drug-likeness (QED) is 0.495. The number of hydrogen-bond acceptors (Lipinski definition) is 8. The molecule has 0 fully saturated rings. The molecule has 0 aromatic carbocycles. The zero-order valence-corrected chi connectivity index (χ0v) is 17.1. The Kier molecular flexibility index (Phi) is 6.05. The second-order valence-electron chi connectivity index (χ2n) is 6.85. The number of aromatic nitrogens is 3. The van der Waals surface area contributed by atoms with E-state index in [1.54, 1.807) is 0 Å². The van der Waals surface area contributed by atoms with Gasteiger partial charge < -0.3 is 15.8 Å². The number of hydrogen-bond donors (Lipinski definition) is 3. The average molecular weight is 410 g/mol. The first-order valence-electron chi connectivity index (χ1n) is 8.79. The summed E-state index contributed by atoms with van der Waals surface area (Å²) in [6, 6.07) is 0. The summed E-state index contributed by atoms with van der Waals surface area (Å²) in [6.07, 6.45) is 2.56. The molecule has 0 aliphatic heterocycles. The van der Waals surface area contributed by atoms with Crippen LogP contribution in [0.5, 0.6) is 0 Å². The van der Waals surface area contributed by atoms with Crippen molar-refractivity contribution in [3.05, 3.63) is 16.0 Å². The second kappa shape index (κ2) is 8.30. The molecule has 1 aliphatic carbocycles. The van der Waals surface area contributed by atoms with Crippen LogP contribution in [0, 0.1) is 5.92 Å². The van der Waals surface area contributed by atoms with E-state index in [-0.39, 0.29) is 29.7 Å². The van der Waals surface area contributed by atoms with Crippen molar-refractivity contribution in [3.63, 3.8) is 0 Å². The zero-order valence-electron chi connectivity index (χ0n) is 15.5. The largest absolute Gasteiger partial charge is 0.459 e. The van der Waals surface area contributed by atoms with Crippen LogP contribution in [-0.2, 0) is 22.4 Å². The summed E-state index contributed by atoms with van der Waals surface area (Å²) in [5, 5.41) is 10.3. The van der Waals surface area contributed by atoms with E-state index in [1.165, 1.54) is 23.1 Å². The SMILES string of the molecule is CC(C)OC(=O)c1c(NC(=O)CSc2n[nH]c(N)n2)sc2c1CC[C@@H](C)C2. The van der Waals surface area contributed by atoms with Gasteiger partial charge in [-0.25, -0.2) is 9.89 Å². The number of nitrogens with zero attached hydrogens (tertiary/aromatic N) is 2. The van der Waals surface area contributed by atoms with E-state index >= 15 is 0 Å². The summed E-state index contributed by atoms with van der Waals surface area (Å²) >= 11 is 2.65. The van der Waals surface area contributed by atoms with Gasteiger partial charge in [-0.2, -0.15) is 4.98 Å². The number of nitrogen functional groups attached to an aromatic ring is 1. The summed E-state index contributed by atoms with van der Waals surface area (Å²) in [4.78, 5) is 30.1. The molecule has 0 spiro atoms. The van der Waals surface area contributed by atoms with E-state index in [2.05, 4.69) is 27.4 Å². The van der Waals surface area contributed by atoms with E-state index in [9.17, 15) is 9.59 Å². The van der Waals surface area contributed by atoms with Crippen molar-refractivity contribution in [1.82, 2.24) is 15.2 Å². The van der Waals surface area contributed by atoms with Crippen molar-refractivity contribution in [2.75, 3.05) is 16.8 Å². The molecule has 0 saturated heterocycles. The Labute approximate surface area is 165 Å². The lowest BCUT2D eigenvalue weighted by Crippen LogP contribution is -2.19. The molecule has 1 amide bonds. The monoisotopic (exact) mass is 409 g/mol. The maximum Gasteiger partial charge on any atom is 0.341 e. The van der Waals surface area contributed by atoms with E-state index in [4.69, 9.17) is 10.5 Å². The molecule has 0 saturated carbocycles. The maximum atomic E-state index is 12.6. The number of carbonyl (C=O) groups excluding carboxylic acids is 2. The first-order valence-corrected chi connectivity index (χ1v) is 10.6. The number of carbonyl (C=O) groups is 2. The van der Waals surface area contributed by atoms with Crippen LogP contribution >= 0.6 is 23.1 Å². The van der Waals surface area contributed by atoms with Crippen molar-refractivity contribution in [1.29, 1.82) is 0 Å². The number of ether oxygens (including phenoxy) is 1. The lowest BCUT2D eigenvalue weighted by atomic mass is 9.88. The van der Waals surface area contributed by atoms with E-state index in [1.807, 2.05) is 13.8 Å². The number of esters is 1. The Bertz CT molecular complexity index is 846. The summed E-state index contributed by atoms with van der Waals surface area (Å²) in [5.74, 6) is 0.294. The molecule has 8 nitrogen and oxygen atoms in total. The van der Waals surface area contributed by atoms with Crippen molar-refractivity contribution in [2.45, 2.75) is 51.3 Å². The molecule has 27 heavy (non-hydrogen) atoms. The fourth-order valence-electron chi connectivity index (χ4n) is 2.94. The molecule has 146 valence electrons. The van der Waals surface area contributed by atoms with Gasteiger partial charge in [-0.05, 0) is 44.6 Å². The molecule has 2 aromatic heterocycles. The van der Waals surface area contributed by atoms with E-state index in [0.29, 0.717) is 21.6 Å². The van der Waals surface area contributed by atoms with Gasteiger partial charge in [0.05, 0.1) is 17.4 Å². The molecule has 3 rings (SSSR count). The van der Waals surface area contributed by atoms with E-state index in [0.717, 1.165) is 29.7 Å². The lowest BCUT2D eigenvalue weighted by Gasteiger charge is -2.18. The number of aromatic amines is 1. The number of nitrogens with two attached hydrogens (primary N) is 1. The van der Waals surface area contributed by atoms with Crippen LogP contribution in [0.2, 0.25) is 0 Å². The predicted octanol–water partition coefficient (Wildman–Crippen LogP) is 2.87. The highest BCUT2D eigenvalue weighted by Gasteiger charge is 2.29. The van der Waals surface area contributed by atoms with Gasteiger partial charge in [-0.15, -0.1) is 16.4 Å². The number of H-pyrrole nitrogens is 1. The smallest absolute Gasteiger partial charge is 0.341 e. The maximum absolute atomic E-state index is 12.6. The minimum absolute atomic E-state index is 0.120. The van der Waals surface area contributed by atoms with Crippen LogP contribution in [0.15, 0.2) is 5.16 Å². The van der Waals surface area contributed by atoms with Crippen molar-refractivity contribution < 1.29 is 14.3 Å². The summed E-state index contributed by atoms with van der Waals surface area (Å²) in [5.41, 5.74) is 7.01. The van der Waals surface area contributed by atoms with Gasteiger partial charge in [0.15, 0.2) is 0 Å². The molecule has 10 heteroatoms. The first kappa shape index (κ1) is 19.7. The average Bonchev–Trinajstić information content (AvgIpc) is 3.14. The zero-order chi connectivity index (χ0) is 19.6. The van der Waals surface area contributed by atoms with Crippen LogP contribution in [0.3, 0.4) is 0 Å². The molecule has 0 bridgehead atoms. The van der Waals surface area contributed by atoms with Crippen LogP contribution in [0.25, 0.3) is 0 Å². The molecule has 4 N–H and O–H groups in total. The third-order valence-corrected chi connectivity index (χ3v) is 6.14. The standard InChI is InChI=1S/C17H23N5O3S2/c1-8(2)25-15(24)13-10-5-4-9(3)6-11(10)27-14(13)19-12(23)7-26-17-20-16(18)21-22-17/h8-9H,4-7H2,1-3H3,(H,19,23)(H3,18,20,21,22)/t9-/m1/s1. The minimum Gasteiger partial charge on any atom is -0.459 e. The van der Waals surface area contributed by atoms with Gasteiger partial charge in [0.2, 0.25) is 17.0 Å².